The number of nitrogens with one attached hydrogen (secondary N) is 1. The molecule has 1 aliphatic heterocycles. The molecule has 0 atom stereocenters. The SMILES string of the molecule is CCCCOc1ccc(CNC(=O)CCc2nc(N3CCCCC3)c3c(CC)noc3n2)cc1. The van der Waals surface area contributed by atoms with E-state index in [1.54, 1.807) is 0 Å². The molecule has 0 unspecified atom stereocenters. The number of nitrogens with zero attached hydrogens (tertiary/aromatic N) is 4. The molecule has 2 aromatic heterocycles. The number of benzene rings is 1. The number of ether oxygens (including phenoxy) is 1. The number of rotatable bonds is 11. The Morgan fingerprint density at radius 3 is 2.65 bits per heavy atom. The van der Waals surface area contributed by atoms with Crippen LogP contribution in [0, 0.1) is 0 Å². The Morgan fingerprint density at radius 1 is 1.12 bits per heavy atom. The Morgan fingerprint density at radius 2 is 1.91 bits per heavy atom. The van der Waals surface area contributed by atoms with Crippen molar-refractivity contribution in [1.82, 2.24) is 20.4 Å². The molecule has 1 fully saturated rings. The molecule has 1 saturated heterocycles. The van der Waals surface area contributed by atoms with Crippen LogP contribution < -0.4 is 15.0 Å². The lowest BCUT2D eigenvalue weighted by Gasteiger charge is -2.28. The van der Waals surface area contributed by atoms with Crippen LogP contribution in [-0.4, -0.2) is 40.7 Å². The first-order valence-corrected chi connectivity index (χ1v) is 12.6. The molecule has 0 spiro atoms. The summed E-state index contributed by atoms with van der Waals surface area (Å²) in [7, 11) is 0. The van der Waals surface area contributed by atoms with E-state index in [1.807, 2.05) is 24.3 Å². The molecule has 1 aromatic carbocycles. The van der Waals surface area contributed by atoms with Crippen LogP contribution in [0.25, 0.3) is 11.1 Å². The van der Waals surface area contributed by atoms with Crippen molar-refractivity contribution in [3.63, 3.8) is 0 Å². The molecular formula is C26H35N5O3. The van der Waals surface area contributed by atoms with Gasteiger partial charge in [0.15, 0.2) is 0 Å². The summed E-state index contributed by atoms with van der Waals surface area (Å²) >= 11 is 0. The van der Waals surface area contributed by atoms with Crippen molar-refractivity contribution in [2.24, 2.45) is 0 Å². The number of carbonyl (C=O) groups excluding carboxylic acids is 1. The molecule has 34 heavy (non-hydrogen) atoms. The van der Waals surface area contributed by atoms with E-state index >= 15 is 0 Å². The summed E-state index contributed by atoms with van der Waals surface area (Å²) in [6.45, 7) is 7.36. The van der Waals surface area contributed by atoms with Crippen LogP contribution in [0.1, 0.15) is 69.5 Å². The van der Waals surface area contributed by atoms with Crippen molar-refractivity contribution in [3.05, 3.63) is 41.3 Å². The summed E-state index contributed by atoms with van der Waals surface area (Å²) in [5, 5.41) is 8.11. The Kier molecular flexibility index (Phi) is 8.33. The van der Waals surface area contributed by atoms with Crippen LogP contribution in [0.5, 0.6) is 5.75 Å². The molecule has 8 heteroatoms. The van der Waals surface area contributed by atoms with Gasteiger partial charge in [0.2, 0.25) is 5.91 Å². The lowest BCUT2D eigenvalue weighted by Crippen LogP contribution is -2.31. The Balaban J connectivity index is 1.35. The summed E-state index contributed by atoms with van der Waals surface area (Å²) in [6.07, 6.45) is 7.25. The van der Waals surface area contributed by atoms with Crippen molar-refractivity contribution < 1.29 is 14.1 Å². The Bertz CT molecular complexity index is 1070. The monoisotopic (exact) mass is 465 g/mol. The highest BCUT2D eigenvalue weighted by atomic mass is 16.5. The van der Waals surface area contributed by atoms with E-state index in [4.69, 9.17) is 14.2 Å². The summed E-state index contributed by atoms with van der Waals surface area (Å²) in [5.41, 5.74) is 2.45. The van der Waals surface area contributed by atoms with Gasteiger partial charge in [-0.05, 0) is 49.8 Å². The molecule has 0 aliphatic carbocycles. The molecule has 3 aromatic rings. The number of hydrogen-bond donors (Lipinski definition) is 1. The fourth-order valence-electron chi connectivity index (χ4n) is 4.17. The molecule has 182 valence electrons. The minimum absolute atomic E-state index is 0.0293. The van der Waals surface area contributed by atoms with Crippen molar-refractivity contribution in [2.45, 2.75) is 71.8 Å². The number of fused-ring (bicyclic) bond motifs is 1. The first kappa shape index (κ1) is 24.0. The number of piperidine rings is 1. The van der Waals surface area contributed by atoms with Gasteiger partial charge in [-0.3, -0.25) is 4.79 Å². The number of carbonyl (C=O) groups is 1. The molecule has 8 nitrogen and oxygen atoms in total. The molecule has 0 bridgehead atoms. The first-order valence-electron chi connectivity index (χ1n) is 12.6. The average Bonchev–Trinajstić information content (AvgIpc) is 3.30. The number of hydrogen-bond acceptors (Lipinski definition) is 7. The molecule has 1 N–H and O–H groups in total. The van der Waals surface area contributed by atoms with Gasteiger partial charge in [0.05, 0.1) is 12.3 Å². The molecule has 1 aliphatic rings. The zero-order valence-corrected chi connectivity index (χ0v) is 20.3. The first-order chi connectivity index (χ1) is 16.7. The topological polar surface area (TPSA) is 93.4 Å². The van der Waals surface area contributed by atoms with Crippen molar-refractivity contribution >= 4 is 22.8 Å². The standard InChI is InChI=1S/C26H35N5O3/c1-3-5-17-33-20-11-9-19(10-12-20)18-27-23(32)14-13-22-28-25(31-15-7-6-8-16-31)24-21(4-2)30-34-26(24)29-22/h9-12H,3-8,13-18H2,1-2H3,(H,27,32). The third kappa shape index (κ3) is 6.04. The second kappa shape index (κ2) is 11.8. The lowest BCUT2D eigenvalue weighted by molar-refractivity contribution is -0.121. The molecular weight excluding hydrogens is 430 g/mol. The van der Waals surface area contributed by atoms with E-state index in [0.29, 0.717) is 30.9 Å². The highest BCUT2D eigenvalue weighted by Crippen LogP contribution is 2.30. The molecule has 0 saturated carbocycles. The van der Waals surface area contributed by atoms with Gasteiger partial charge in [-0.25, -0.2) is 4.98 Å². The zero-order chi connectivity index (χ0) is 23.8. The van der Waals surface area contributed by atoms with E-state index in [9.17, 15) is 4.79 Å². The molecule has 1 amide bonds. The Hall–Kier alpha value is -3.16. The minimum Gasteiger partial charge on any atom is -0.494 e. The number of aryl methyl sites for hydroxylation is 2. The van der Waals surface area contributed by atoms with Gasteiger partial charge in [-0.1, -0.05) is 37.6 Å². The number of amides is 1. The summed E-state index contributed by atoms with van der Waals surface area (Å²) in [6, 6.07) is 7.87. The second-order valence-corrected chi connectivity index (χ2v) is 8.80. The predicted octanol–water partition coefficient (Wildman–Crippen LogP) is 4.60. The van der Waals surface area contributed by atoms with Crippen LogP contribution in [-0.2, 0) is 24.2 Å². The van der Waals surface area contributed by atoms with Gasteiger partial charge in [0.25, 0.3) is 5.71 Å². The predicted molar refractivity (Wildman–Crippen MR) is 132 cm³/mol. The summed E-state index contributed by atoms with van der Waals surface area (Å²) < 4.78 is 11.2. The van der Waals surface area contributed by atoms with Gasteiger partial charge in [0, 0.05) is 32.5 Å². The normalized spacial score (nSPS) is 13.9. The van der Waals surface area contributed by atoms with Gasteiger partial charge in [0.1, 0.15) is 22.8 Å². The van der Waals surface area contributed by atoms with Crippen LogP contribution in [0.2, 0.25) is 0 Å². The van der Waals surface area contributed by atoms with Crippen LogP contribution in [0.15, 0.2) is 28.8 Å². The smallest absolute Gasteiger partial charge is 0.263 e. The van der Waals surface area contributed by atoms with Crippen LogP contribution >= 0.6 is 0 Å². The van der Waals surface area contributed by atoms with Crippen molar-refractivity contribution in [2.75, 3.05) is 24.6 Å². The maximum Gasteiger partial charge on any atom is 0.263 e. The van der Waals surface area contributed by atoms with E-state index in [0.717, 1.165) is 80.0 Å². The highest BCUT2D eigenvalue weighted by molar-refractivity contribution is 5.88. The summed E-state index contributed by atoms with van der Waals surface area (Å²) in [5.74, 6) is 2.35. The van der Waals surface area contributed by atoms with E-state index in [2.05, 4.69) is 34.2 Å². The largest absolute Gasteiger partial charge is 0.494 e. The second-order valence-electron chi connectivity index (χ2n) is 8.80. The van der Waals surface area contributed by atoms with Gasteiger partial charge in [-0.2, -0.15) is 4.98 Å². The number of aromatic nitrogens is 3. The van der Waals surface area contributed by atoms with Crippen LogP contribution in [0.3, 0.4) is 0 Å². The van der Waals surface area contributed by atoms with Crippen LogP contribution in [0.4, 0.5) is 5.82 Å². The van der Waals surface area contributed by atoms with Crippen molar-refractivity contribution in [3.8, 4) is 5.75 Å². The minimum atomic E-state index is -0.0293. The molecule has 4 rings (SSSR count). The third-order valence-corrected chi connectivity index (χ3v) is 6.18. The highest BCUT2D eigenvalue weighted by Gasteiger charge is 2.22. The average molecular weight is 466 g/mol. The fraction of sp³-hybridized carbons (Fsp3) is 0.538. The fourth-order valence-corrected chi connectivity index (χ4v) is 4.17. The van der Waals surface area contributed by atoms with Gasteiger partial charge < -0.3 is 19.5 Å². The Labute approximate surface area is 201 Å². The van der Waals surface area contributed by atoms with E-state index < -0.39 is 0 Å². The number of unbranched alkanes of at least 4 members (excludes halogenated alkanes) is 1. The maximum atomic E-state index is 12.5. The van der Waals surface area contributed by atoms with Gasteiger partial charge >= 0.3 is 0 Å². The quantitative estimate of drug-likeness (QED) is 0.414. The van der Waals surface area contributed by atoms with Crippen molar-refractivity contribution in [1.29, 1.82) is 0 Å². The van der Waals surface area contributed by atoms with E-state index in [-0.39, 0.29) is 5.91 Å². The third-order valence-electron chi connectivity index (χ3n) is 6.18. The summed E-state index contributed by atoms with van der Waals surface area (Å²) in [4.78, 5) is 24.2. The molecule has 3 heterocycles. The lowest BCUT2D eigenvalue weighted by atomic mass is 10.1. The maximum absolute atomic E-state index is 12.5. The molecule has 0 radical (unpaired) electrons. The van der Waals surface area contributed by atoms with Gasteiger partial charge in [-0.15, -0.1) is 0 Å². The van der Waals surface area contributed by atoms with E-state index in [1.165, 1.54) is 6.42 Å². The zero-order valence-electron chi connectivity index (χ0n) is 20.3. The number of anilines is 1.